The summed E-state index contributed by atoms with van der Waals surface area (Å²) in [6.45, 7) is 2.24. The highest BCUT2D eigenvalue weighted by Crippen LogP contribution is 2.06. The van der Waals surface area contributed by atoms with Crippen LogP contribution in [0.3, 0.4) is 0 Å². The van der Waals surface area contributed by atoms with Gasteiger partial charge in [0.15, 0.2) is 0 Å². The number of hydrogen-bond acceptors (Lipinski definition) is 3. The van der Waals surface area contributed by atoms with Gasteiger partial charge in [-0.15, -0.1) is 0 Å². The predicted molar refractivity (Wildman–Crippen MR) is 43.2 cm³/mol. The van der Waals surface area contributed by atoms with Gasteiger partial charge < -0.3 is 10.8 Å². The summed E-state index contributed by atoms with van der Waals surface area (Å²) in [5.41, 5.74) is 5.22. The SMILES string of the molecule is CCSCC(CN)C(=O)O. The zero-order valence-corrected chi connectivity index (χ0v) is 6.86. The van der Waals surface area contributed by atoms with E-state index in [4.69, 9.17) is 10.8 Å². The molecule has 0 aromatic rings. The van der Waals surface area contributed by atoms with Crippen LogP contribution in [0, 0.1) is 5.92 Å². The van der Waals surface area contributed by atoms with Gasteiger partial charge in [0.05, 0.1) is 5.92 Å². The average molecular weight is 163 g/mol. The summed E-state index contributed by atoms with van der Waals surface area (Å²) in [6.07, 6.45) is 0. The van der Waals surface area contributed by atoms with Gasteiger partial charge in [-0.05, 0) is 5.75 Å². The third-order valence-corrected chi connectivity index (χ3v) is 2.20. The number of carboxylic acids is 1. The van der Waals surface area contributed by atoms with Gasteiger partial charge in [-0.3, -0.25) is 4.79 Å². The van der Waals surface area contributed by atoms with Gasteiger partial charge in [0.1, 0.15) is 0 Å². The number of thioether (sulfide) groups is 1. The van der Waals surface area contributed by atoms with Crippen molar-refractivity contribution < 1.29 is 9.90 Å². The number of hydrogen-bond donors (Lipinski definition) is 2. The second-order valence-electron chi connectivity index (χ2n) is 1.93. The monoisotopic (exact) mass is 163 g/mol. The van der Waals surface area contributed by atoms with Gasteiger partial charge in [-0.1, -0.05) is 6.92 Å². The fourth-order valence-electron chi connectivity index (χ4n) is 0.500. The number of carbonyl (C=O) groups is 1. The fraction of sp³-hybridized carbons (Fsp3) is 0.833. The van der Waals surface area contributed by atoms with Crippen LogP contribution < -0.4 is 5.73 Å². The van der Waals surface area contributed by atoms with Gasteiger partial charge in [-0.25, -0.2) is 0 Å². The van der Waals surface area contributed by atoms with Crippen molar-refractivity contribution in [1.29, 1.82) is 0 Å². The maximum Gasteiger partial charge on any atom is 0.308 e. The van der Waals surface area contributed by atoms with Crippen LogP contribution in [0.2, 0.25) is 0 Å². The van der Waals surface area contributed by atoms with Gasteiger partial charge in [-0.2, -0.15) is 11.8 Å². The molecule has 10 heavy (non-hydrogen) atoms. The molecule has 4 heteroatoms. The normalized spacial score (nSPS) is 13.0. The summed E-state index contributed by atoms with van der Waals surface area (Å²) in [5.74, 6) is 0.417. The van der Waals surface area contributed by atoms with E-state index in [1.165, 1.54) is 0 Å². The van der Waals surface area contributed by atoms with E-state index < -0.39 is 5.97 Å². The Morgan fingerprint density at radius 2 is 2.40 bits per heavy atom. The number of carboxylic acid groups (broad SMARTS) is 1. The summed E-state index contributed by atoms with van der Waals surface area (Å²) in [7, 11) is 0. The molecular weight excluding hydrogens is 150 g/mol. The summed E-state index contributed by atoms with van der Waals surface area (Å²) in [5, 5.41) is 8.51. The van der Waals surface area contributed by atoms with E-state index in [0.29, 0.717) is 5.75 Å². The van der Waals surface area contributed by atoms with Crippen LogP contribution in [0.25, 0.3) is 0 Å². The largest absolute Gasteiger partial charge is 0.481 e. The van der Waals surface area contributed by atoms with Crippen LogP contribution in [-0.2, 0) is 4.79 Å². The zero-order chi connectivity index (χ0) is 7.98. The van der Waals surface area contributed by atoms with Crippen molar-refractivity contribution in [3.05, 3.63) is 0 Å². The highest BCUT2D eigenvalue weighted by molar-refractivity contribution is 7.99. The standard InChI is InChI=1S/C6H13NO2S/c1-2-10-4-5(3-7)6(8)9/h5H,2-4,7H2,1H3,(H,8,9). The number of aliphatic carboxylic acids is 1. The molecule has 0 aromatic heterocycles. The first-order valence-electron chi connectivity index (χ1n) is 3.23. The van der Waals surface area contributed by atoms with Crippen LogP contribution in [-0.4, -0.2) is 29.1 Å². The molecule has 0 rings (SSSR count). The molecule has 0 saturated heterocycles. The van der Waals surface area contributed by atoms with Gasteiger partial charge >= 0.3 is 5.97 Å². The molecule has 0 fully saturated rings. The second kappa shape index (κ2) is 5.56. The molecule has 0 radical (unpaired) electrons. The smallest absolute Gasteiger partial charge is 0.308 e. The molecule has 0 aliphatic rings. The quantitative estimate of drug-likeness (QED) is 0.615. The molecule has 1 unspecified atom stereocenters. The molecule has 3 nitrogen and oxygen atoms in total. The van der Waals surface area contributed by atoms with Crippen LogP contribution in [0.15, 0.2) is 0 Å². The first-order chi connectivity index (χ1) is 4.72. The van der Waals surface area contributed by atoms with Crippen molar-refractivity contribution in [3.63, 3.8) is 0 Å². The highest BCUT2D eigenvalue weighted by Gasteiger charge is 2.13. The Kier molecular flexibility index (Phi) is 5.43. The molecule has 0 spiro atoms. The molecule has 0 bridgehead atoms. The van der Waals surface area contributed by atoms with Gasteiger partial charge in [0.25, 0.3) is 0 Å². The Hall–Kier alpha value is -0.220. The first-order valence-corrected chi connectivity index (χ1v) is 4.38. The summed E-state index contributed by atoms with van der Waals surface area (Å²) < 4.78 is 0. The van der Waals surface area contributed by atoms with Crippen molar-refractivity contribution in [2.24, 2.45) is 11.7 Å². The minimum absolute atomic E-state index is 0.238. The highest BCUT2D eigenvalue weighted by atomic mass is 32.2. The van der Waals surface area contributed by atoms with E-state index in [1.807, 2.05) is 6.92 Å². The van der Waals surface area contributed by atoms with Gasteiger partial charge in [0, 0.05) is 12.3 Å². The Balaban J connectivity index is 3.50. The molecule has 0 saturated carbocycles. The van der Waals surface area contributed by atoms with Crippen molar-refractivity contribution in [2.75, 3.05) is 18.1 Å². The van der Waals surface area contributed by atoms with Crippen molar-refractivity contribution in [1.82, 2.24) is 0 Å². The lowest BCUT2D eigenvalue weighted by Crippen LogP contribution is -2.25. The van der Waals surface area contributed by atoms with Crippen LogP contribution in [0.5, 0.6) is 0 Å². The van der Waals surface area contributed by atoms with Crippen molar-refractivity contribution in [3.8, 4) is 0 Å². The second-order valence-corrected chi connectivity index (χ2v) is 3.25. The maximum atomic E-state index is 10.3. The van der Waals surface area contributed by atoms with Crippen molar-refractivity contribution >= 4 is 17.7 Å². The minimum Gasteiger partial charge on any atom is -0.481 e. The fourth-order valence-corrected chi connectivity index (χ4v) is 1.30. The zero-order valence-electron chi connectivity index (χ0n) is 6.04. The minimum atomic E-state index is -0.788. The van der Waals surface area contributed by atoms with Crippen molar-refractivity contribution in [2.45, 2.75) is 6.92 Å². The molecule has 0 aromatic carbocycles. The average Bonchev–Trinajstić information content (AvgIpc) is 1.89. The third-order valence-electron chi connectivity index (χ3n) is 1.16. The Morgan fingerprint density at radius 1 is 1.80 bits per heavy atom. The van der Waals surface area contributed by atoms with Gasteiger partial charge in [0.2, 0.25) is 0 Å². The summed E-state index contributed by atoms with van der Waals surface area (Å²) >= 11 is 1.61. The molecule has 0 heterocycles. The number of nitrogens with two attached hydrogens (primary N) is 1. The van der Waals surface area contributed by atoms with E-state index in [9.17, 15) is 4.79 Å². The number of rotatable bonds is 5. The molecule has 0 aliphatic carbocycles. The molecular formula is C6H13NO2S. The van der Waals surface area contributed by atoms with E-state index >= 15 is 0 Å². The Morgan fingerprint density at radius 3 is 2.70 bits per heavy atom. The lowest BCUT2D eigenvalue weighted by molar-refractivity contribution is -0.140. The topological polar surface area (TPSA) is 63.3 Å². The molecule has 3 N–H and O–H groups in total. The van der Waals surface area contributed by atoms with E-state index in [-0.39, 0.29) is 12.5 Å². The lowest BCUT2D eigenvalue weighted by Gasteiger charge is -2.06. The van der Waals surface area contributed by atoms with Crippen LogP contribution in [0.4, 0.5) is 0 Å². The van der Waals surface area contributed by atoms with E-state index in [0.717, 1.165) is 5.75 Å². The predicted octanol–water partition coefficient (Wildman–Crippen LogP) is 0.399. The lowest BCUT2D eigenvalue weighted by atomic mass is 10.2. The Bertz CT molecular complexity index is 108. The van der Waals surface area contributed by atoms with E-state index in [2.05, 4.69) is 0 Å². The first kappa shape index (κ1) is 9.78. The van der Waals surface area contributed by atoms with Crippen LogP contribution in [0.1, 0.15) is 6.92 Å². The van der Waals surface area contributed by atoms with Crippen LogP contribution >= 0.6 is 11.8 Å². The molecule has 1 atom stereocenters. The molecule has 60 valence electrons. The molecule has 0 aliphatic heterocycles. The Labute approximate surface area is 65.0 Å². The van der Waals surface area contributed by atoms with E-state index in [1.54, 1.807) is 11.8 Å². The summed E-state index contributed by atoms with van der Waals surface area (Å²) in [6, 6.07) is 0. The molecule has 0 amide bonds. The third kappa shape index (κ3) is 3.74. The maximum absolute atomic E-state index is 10.3. The summed E-state index contributed by atoms with van der Waals surface area (Å²) in [4.78, 5) is 10.3.